The molecule has 0 aromatic heterocycles. The lowest BCUT2D eigenvalue weighted by atomic mass is 9.50. The predicted octanol–water partition coefficient (Wildman–Crippen LogP) is 7.25. The van der Waals surface area contributed by atoms with Crippen molar-refractivity contribution in [3.05, 3.63) is 47.6 Å². The summed E-state index contributed by atoms with van der Waals surface area (Å²) in [6.45, 7) is 16.2. The van der Waals surface area contributed by atoms with E-state index in [0.717, 1.165) is 31.1 Å². The first-order valence-electron chi connectivity index (χ1n) is 12.1. The summed E-state index contributed by atoms with van der Waals surface area (Å²) >= 11 is 0. The van der Waals surface area contributed by atoms with Crippen LogP contribution in [0.3, 0.4) is 0 Å². The van der Waals surface area contributed by atoms with Gasteiger partial charge < -0.3 is 5.11 Å². The molecule has 0 aromatic carbocycles. The van der Waals surface area contributed by atoms with Crippen LogP contribution >= 0.6 is 0 Å². The van der Waals surface area contributed by atoms with Crippen LogP contribution in [-0.4, -0.2) is 11.2 Å². The molecule has 4 rings (SSSR count). The van der Waals surface area contributed by atoms with Gasteiger partial charge in [0.2, 0.25) is 0 Å². The molecule has 1 nitrogen and oxygen atoms in total. The zero-order chi connectivity index (χ0) is 21.0. The maximum absolute atomic E-state index is 10.2. The van der Waals surface area contributed by atoms with Crippen molar-refractivity contribution in [3.63, 3.8) is 0 Å². The molecule has 0 saturated heterocycles. The first-order chi connectivity index (χ1) is 13.7. The number of fused-ring (bicyclic) bond motifs is 5. The van der Waals surface area contributed by atoms with Gasteiger partial charge in [0.15, 0.2) is 0 Å². The Hall–Kier alpha value is -1.08. The van der Waals surface area contributed by atoms with Crippen molar-refractivity contribution in [2.24, 2.45) is 40.4 Å². The highest BCUT2D eigenvalue weighted by Crippen LogP contribution is 2.65. The normalized spacial score (nSPS) is 42.7. The Labute approximate surface area is 179 Å². The van der Waals surface area contributed by atoms with Crippen molar-refractivity contribution in [1.29, 1.82) is 0 Å². The molecule has 0 aliphatic heterocycles. The van der Waals surface area contributed by atoms with Crippen molar-refractivity contribution in [2.75, 3.05) is 0 Å². The highest BCUT2D eigenvalue weighted by atomic mass is 16.3. The molecule has 1 N–H and O–H groups in total. The molecule has 4 aliphatic rings. The second kappa shape index (κ2) is 7.56. The van der Waals surface area contributed by atoms with Crippen molar-refractivity contribution in [2.45, 2.75) is 85.7 Å². The van der Waals surface area contributed by atoms with E-state index in [0.29, 0.717) is 28.6 Å². The third kappa shape index (κ3) is 3.42. The standard InChI is InChI=1S/C28H42O/c1-18(2)19(3)7-8-20(4)24-11-12-25-23-10-9-21-17-22(29)13-15-27(21,5)26(23)14-16-28(24,25)6/h7-10,18,20,22,24-26,29H,3,11-17H2,1-2,4-6H3. The third-order valence-corrected chi connectivity index (χ3v) is 9.61. The Morgan fingerprint density at radius 3 is 2.55 bits per heavy atom. The van der Waals surface area contributed by atoms with E-state index in [1.54, 1.807) is 5.57 Å². The van der Waals surface area contributed by atoms with Crippen molar-refractivity contribution in [3.8, 4) is 0 Å². The van der Waals surface area contributed by atoms with E-state index in [2.05, 4.69) is 65.5 Å². The maximum atomic E-state index is 10.2. The monoisotopic (exact) mass is 394 g/mol. The molecule has 0 bridgehead atoms. The second-order valence-corrected chi connectivity index (χ2v) is 11.5. The van der Waals surface area contributed by atoms with Gasteiger partial charge in [-0.15, -0.1) is 0 Å². The smallest absolute Gasteiger partial charge is 0.0578 e. The van der Waals surface area contributed by atoms with E-state index >= 15 is 0 Å². The van der Waals surface area contributed by atoms with E-state index in [1.165, 1.54) is 36.8 Å². The summed E-state index contributed by atoms with van der Waals surface area (Å²) in [5.41, 5.74) is 5.25. The van der Waals surface area contributed by atoms with Crippen LogP contribution in [0.2, 0.25) is 0 Å². The molecule has 1 heteroatoms. The van der Waals surface area contributed by atoms with E-state index in [-0.39, 0.29) is 6.10 Å². The van der Waals surface area contributed by atoms with Gasteiger partial charge in [0.25, 0.3) is 0 Å². The minimum Gasteiger partial charge on any atom is -0.393 e. The van der Waals surface area contributed by atoms with Gasteiger partial charge in [0, 0.05) is 0 Å². The maximum Gasteiger partial charge on any atom is 0.0578 e. The zero-order valence-electron chi connectivity index (χ0n) is 19.4. The Kier molecular flexibility index (Phi) is 5.52. The molecular formula is C28H42O. The van der Waals surface area contributed by atoms with Crippen LogP contribution in [-0.2, 0) is 0 Å². The molecule has 7 unspecified atom stereocenters. The van der Waals surface area contributed by atoms with E-state index < -0.39 is 0 Å². The Morgan fingerprint density at radius 1 is 1.07 bits per heavy atom. The molecule has 29 heavy (non-hydrogen) atoms. The molecule has 0 heterocycles. The minimum absolute atomic E-state index is 0.123. The van der Waals surface area contributed by atoms with E-state index in [9.17, 15) is 5.11 Å². The number of hydrogen-bond donors (Lipinski definition) is 1. The third-order valence-electron chi connectivity index (χ3n) is 9.61. The fourth-order valence-corrected chi connectivity index (χ4v) is 7.49. The van der Waals surface area contributed by atoms with Crippen LogP contribution in [0, 0.1) is 40.4 Å². The zero-order valence-corrected chi connectivity index (χ0v) is 19.4. The van der Waals surface area contributed by atoms with Gasteiger partial charge in [0.1, 0.15) is 0 Å². The molecule has 4 aliphatic carbocycles. The van der Waals surface area contributed by atoms with Gasteiger partial charge in [-0.3, -0.25) is 0 Å². The molecule has 160 valence electrons. The van der Waals surface area contributed by atoms with Crippen LogP contribution in [0.5, 0.6) is 0 Å². The van der Waals surface area contributed by atoms with Crippen molar-refractivity contribution < 1.29 is 5.11 Å². The second-order valence-electron chi connectivity index (χ2n) is 11.5. The summed E-state index contributed by atoms with van der Waals surface area (Å²) in [7, 11) is 0. The summed E-state index contributed by atoms with van der Waals surface area (Å²) in [4.78, 5) is 0. The predicted molar refractivity (Wildman–Crippen MR) is 123 cm³/mol. The first kappa shape index (κ1) is 21.2. The van der Waals surface area contributed by atoms with Crippen molar-refractivity contribution in [1.82, 2.24) is 0 Å². The van der Waals surface area contributed by atoms with Gasteiger partial charge in [-0.05, 0) is 85.4 Å². The summed E-state index contributed by atoms with van der Waals surface area (Å²) in [6.07, 6.45) is 17.9. The largest absolute Gasteiger partial charge is 0.393 e. The van der Waals surface area contributed by atoms with Crippen LogP contribution < -0.4 is 0 Å². The highest BCUT2D eigenvalue weighted by molar-refractivity contribution is 5.39. The van der Waals surface area contributed by atoms with E-state index in [4.69, 9.17) is 0 Å². The number of aliphatic hydroxyl groups is 1. The summed E-state index contributed by atoms with van der Waals surface area (Å²) in [6, 6.07) is 0. The topological polar surface area (TPSA) is 20.2 Å². The Morgan fingerprint density at radius 2 is 1.83 bits per heavy atom. The van der Waals surface area contributed by atoms with Gasteiger partial charge >= 0.3 is 0 Å². The quantitative estimate of drug-likeness (QED) is 0.498. The Bertz CT molecular complexity index is 752. The SMILES string of the molecule is C=C(C=CC(C)C1CCC2C3=CC=C4CC(O)CCC4(C)C3CCC21C)C(C)C. The first-order valence-corrected chi connectivity index (χ1v) is 12.1. The lowest BCUT2D eigenvalue weighted by Crippen LogP contribution is -2.46. The van der Waals surface area contributed by atoms with Crippen molar-refractivity contribution >= 4 is 0 Å². The molecule has 0 aromatic rings. The molecular weight excluding hydrogens is 352 g/mol. The number of rotatable bonds is 4. The minimum atomic E-state index is -0.123. The number of hydrogen-bond acceptors (Lipinski definition) is 1. The summed E-state index contributed by atoms with van der Waals surface area (Å²) in [5.74, 6) is 3.38. The van der Waals surface area contributed by atoms with Crippen LogP contribution in [0.25, 0.3) is 0 Å². The van der Waals surface area contributed by atoms with Gasteiger partial charge in [0.05, 0.1) is 6.10 Å². The van der Waals surface area contributed by atoms with Crippen LogP contribution in [0.15, 0.2) is 47.6 Å². The summed E-state index contributed by atoms with van der Waals surface area (Å²) < 4.78 is 0. The lowest BCUT2D eigenvalue weighted by molar-refractivity contribution is 0.0383. The van der Waals surface area contributed by atoms with Crippen LogP contribution in [0.1, 0.15) is 79.6 Å². The molecule has 7 atom stereocenters. The number of aliphatic hydroxyl groups excluding tert-OH is 1. The van der Waals surface area contributed by atoms with Gasteiger partial charge in [-0.1, -0.05) is 82.2 Å². The molecule has 0 spiro atoms. The fourth-order valence-electron chi connectivity index (χ4n) is 7.49. The molecule has 0 radical (unpaired) electrons. The summed E-state index contributed by atoms with van der Waals surface area (Å²) in [5, 5.41) is 10.2. The average molecular weight is 395 g/mol. The average Bonchev–Trinajstić information content (AvgIpc) is 3.03. The molecule has 3 saturated carbocycles. The van der Waals surface area contributed by atoms with Gasteiger partial charge in [-0.25, -0.2) is 0 Å². The lowest BCUT2D eigenvalue weighted by Gasteiger charge is -2.55. The molecule has 0 amide bonds. The fraction of sp³-hybridized carbons (Fsp3) is 0.714. The number of allylic oxidation sites excluding steroid dienone is 6. The highest BCUT2D eigenvalue weighted by Gasteiger charge is 2.56. The molecule has 3 fully saturated rings. The van der Waals surface area contributed by atoms with Gasteiger partial charge in [-0.2, -0.15) is 0 Å². The Balaban J connectivity index is 1.57. The van der Waals surface area contributed by atoms with E-state index in [1.807, 2.05) is 0 Å². The van der Waals surface area contributed by atoms with Crippen LogP contribution in [0.4, 0.5) is 0 Å².